The number of benzene rings is 1. The summed E-state index contributed by atoms with van der Waals surface area (Å²) in [5.74, 6) is 0. The van der Waals surface area contributed by atoms with Gasteiger partial charge in [0.1, 0.15) is 6.07 Å². The molecular formula is C13H13N5. The van der Waals surface area contributed by atoms with E-state index in [1.54, 1.807) is 0 Å². The molecule has 18 heavy (non-hydrogen) atoms. The van der Waals surface area contributed by atoms with Crippen molar-refractivity contribution in [3.8, 4) is 6.07 Å². The van der Waals surface area contributed by atoms with E-state index in [4.69, 9.17) is 0 Å². The number of rotatable bonds is 2. The lowest BCUT2D eigenvalue weighted by Crippen LogP contribution is -2.56. The first-order valence-electron chi connectivity index (χ1n) is 5.90. The number of fused-ring (bicyclic) bond motifs is 1. The van der Waals surface area contributed by atoms with Crippen molar-refractivity contribution in [3.63, 3.8) is 0 Å². The van der Waals surface area contributed by atoms with E-state index in [1.807, 2.05) is 31.3 Å². The largest absolute Gasteiger partial charge is 0.366 e. The maximum atomic E-state index is 9.20. The summed E-state index contributed by atoms with van der Waals surface area (Å²) in [6, 6.07) is 10.4. The smallest absolute Gasteiger partial charge is 0.187 e. The van der Waals surface area contributed by atoms with Crippen LogP contribution in [-0.4, -0.2) is 36.4 Å². The fraction of sp³-hybridized carbons (Fsp3) is 0.308. The van der Waals surface area contributed by atoms with E-state index < -0.39 is 0 Å². The monoisotopic (exact) mass is 239 g/mol. The summed E-state index contributed by atoms with van der Waals surface area (Å²) in [5.41, 5.74) is 2.10. The second kappa shape index (κ2) is 4.24. The topological polar surface area (TPSA) is 64.8 Å². The van der Waals surface area contributed by atoms with Crippen molar-refractivity contribution in [2.45, 2.75) is 6.04 Å². The van der Waals surface area contributed by atoms with Crippen molar-refractivity contribution in [1.29, 1.82) is 5.26 Å². The highest BCUT2D eigenvalue weighted by atomic mass is 15.2. The van der Waals surface area contributed by atoms with Crippen LogP contribution in [0.15, 0.2) is 24.3 Å². The molecule has 0 atom stereocenters. The lowest BCUT2D eigenvalue weighted by atomic mass is 10.1. The second-order valence-electron chi connectivity index (χ2n) is 4.45. The molecule has 5 heteroatoms. The van der Waals surface area contributed by atoms with Gasteiger partial charge in [-0.1, -0.05) is 18.2 Å². The van der Waals surface area contributed by atoms with Crippen LogP contribution in [0, 0.1) is 11.3 Å². The number of likely N-dealkylation sites (N-methyl/N-ethyl adjacent to an activating group) is 1. The van der Waals surface area contributed by atoms with Crippen LogP contribution >= 0.6 is 0 Å². The molecule has 1 saturated heterocycles. The molecule has 1 aromatic heterocycles. The molecule has 90 valence electrons. The van der Waals surface area contributed by atoms with Crippen molar-refractivity contribution in [2.24, 2.45) is 0 Å². The van der Waals surface area contributed by atoms with Gasteiger partial charge in [0.2, 0.25) is 0 Å². The molecule has 0 aliphatic carbocycles. The fourth-order valence-corrected chi connectivity index (χ4v) is 2.20. The zero-order chi connectivity index (χ0) is 12.5. The van der Waals surface area contributed by atoms with Crippen LogP contribution in [0.25, 0.3) is 10.9 Å². The van der Waals surface area contributed by atoms with Crippen LogP contribution in [0.4, 0.5) is 5.69 Å². The molecule has 0 unspecified atom stereocenters. The third-order valence-corrected chi connectivity index (χ3v) is 3.41. The van der Waals surface area contributed by atoms with Crippen molar-refractivity contribution >= 4 is 16.6 Å². The number of nitriles is 1. The first-order valence-corrected chi connectivity index (χ1v) is 5.90. The molecular weight excluding hydrogens is 226 g/mol. The van der Waals surface area contributed by atoms with Crippen molar-refractivity contribution in [3.05, 3.63) is 30.0 Å². The fourth-order valence-electron chi connectivity index (χ4n) is 2.20. The molecule has 0 spiro atoms. The minimum atomic E-state index is 0.392. The summed E-state index contributed by atoms with van der Waals surface area (Å²) in [6.07, 6.45) is 0. The molecule has 1 aliphatic rings. The Labute approximate surface area is 105 Å². The molecule has 0 bridgehead atoms. The predicted octanol–water partition coefficient (Wildman–Crippen LogP) is 0.909. The van der Waals surface area contributed by atoms with Gasteiger partial charge in [0.25, 0.3) is 0 Å². The maximum absolute atomic E-state index is 9.20. The predicted molar refractivity (Wildman–Crippen MR) is 69.3 cm³/mol. The van der Waals surface area contributed by atoms with Gasteiger partial charge >= 0.3 is 0 Å². The van der Waals surface area contributed by atoms with E-state index in [-0.39, 0.29) is 0 Å². The van der Waals surface area contributed by atoms with E-state index in [2.05, 4.69) is 26.5 Å². The zero-order valence-corrected chi connectivity index (χ0v) is 10.1. The van der Waals surface area contributed by atoms with Gasteiger partial charge in [-0.15, -0.1) is 10.2 Å². The van der Waals surface area contributed by atoms with Crippen molar-refractivity contribution in [1.82, 2.24) is 15.5 Å². The van der Waals surface area contributed by atoms with E-state index in [1.165, 1.54) is 0 Å². The van der Waals surface area contributed by atoms with Gasteiger partial charge in [-0.05, 0) is 6.07 Å². The lowest BCUT2D eigenvalue weighted by molar-refractivity contribution is 0.429. The SMILES string of the molecule is CN(c1c(C#N)nnc2ccccc12)C1CNC1. The molecule has 2 aromatic rings. The van der Waals surface area contributed by atoms with E-state index in [0.29, 0.717) is 11.7 Å². The Morgan fingerprint density at radius 3 is 2.78 bits per heavy atom. The Balaban J connectivity index is 2.20. The van der Waals surface area contributed by atoms with E-state index >= 15 is 0 Å². The molecule has 1 aromatic carbocycles. The molecule has 0 saturated carbocycles. The minimum absolute atomic E-state index is 0.392. The van der Waals surface area contributed by atoms with Gasteiger partial charge in [-0.25, -0.2) is 0 Å². The van der Waals surface area contributed by atoms with Crippen LogP contribution < -0.4 is 10.2 Å². The number of nitrogens with zero attached hydrogens (tertiary/aromatic N) is 4. The zero-order valence-electron chi connectivity index (χ0n) is 10.1. The minimum Gasteiger partial charge on any atom is -0.366 e. The van der Waals surface area contributed by atoms with Crippen LogP contribution in [0.1, 0.15) is 5.69 Å². The third kappa shape index (κ3) is 1.59. The van der Waals surface area contributed by atoms with Crippen molar-refractivity contribution in [2.75, 3.05) is 25.0 Å². The van der Waals surface area contributed by atoms with Crippen LogP contribution in [0.2, 0.25) is 0 Å². The number of hydrogen-bond donors (Lipinski definition) is 1. The molecule has 1 N–H and O–H groups in total. The lowest BCUT2D eigenvalue weighted by Gasteiger charge is -2.37. The Hall–Kier alpha value is -2.19. The Kier molecular flexibility index (Phi) is 2.58. The molecule has 3 rings (SSSR count). The highest BCUT2D eigenvalue weighted by molar-refractivity contribution is 5.93. The molecule has 2 heterocycles. The quantitative estimate of drug-likeness (QED) is 0.843. The normalized spacial score (nSPS) is 15.1. The number of hydrogen-bond acceptors (Lipinski definition) is 5. The Morgan fingerprint density at radius 1 is 1.33 bits per heavy atom. The average molecular weight is 239 g/mol. The Bertz CT molecular complexity index is 627. The highest BCUT2D eigenvalue weighted by Gasteiger charge is 2.25. The van der Waals surface area contributed by atoms with Crippen LogP contribution in [-0.2, 0) is 0 Å². The summed E-state index contributed by atoms with van der Waals surface area (Å²) in [7, 11) is 2.01. The number of aromatic nitrogens is 2. The maximum Gasteiger partial charge on any atom is 0.187 e. The highest BCUT2D eigenvalue weighted by Crippen LogP contribution is 2.28. The molecule has 1 aliphatic heterocycles. The van der Waals surface area contributed by atoms with E-state index in [9.17, 15) is 5.26 Å². The summed E-state index contributed by atoms with van der Waals surface area (Å²) < 4.78 is 0. The van der Waals surface area contributed by atoms with Gasteiger partial charge in [-0.2, -0.15) is 5.26 Å². The first-order chi connectivity index (χ1) is 8.81. The van der Waals surface area contributed by atoms with Crippen LogP contribution in [0.3, 0.4) is 0 Å². The van der Waals surface area contributed by atoms with Gasteiger partial charge in [0.15, 0.2) is 5.69 Å². The van der Waals surface area contributed by atoms with E-state index in [0.717, 1.165) is 29.7 Å². The second-order valence-corrected chi connectivity index (χ2v) is 4.45. The number of anilines is 1. The number of nitrogens with one attached hydrogen (secondary N) is 1. The summed E-state index contributed by atoms with van der Waals surface area (Å²) in [4.78, 5) is 2.13. The third-order valence-electron chi connectivity index (χ3n) is 3.41. The standard InChI is InChI=1S/C13H13N5/c1-18(9-7-15-8-9)13-10-4-2-3-5-11(10)16-17-12(13)6-14/h2-5,9,15H,7-8H2,1H3. The molecule has 1 fully saturated rings. The molecule has 5 nitrogen and oxygen atoms in total. The first kappa shape index (κ1) is 10.9. The van der Waals surface area contributed by atoms with Gasteiger partial charge in [-0.3, -0.25) is 0 Å². The summed E-state index contributed by atoms with van der Waals surface area (Å²) in [6.45, 7) is 1.88. The van der Waals surface area contributed by atoms with Crippen molar-refractivity contribution < 1.29 is 0 Å². The van der Waals surface area contributed by atoms with Gasteiger partial charge in [0.05, 0.1) is 17.2 Å². The molecule has 0 radical (unpaired) electrons. The van der Waals surface area contributed by atoms with Gasteiger partial charge in [0, 0.05) is 25.5 Å². The van der Waals surface area contributed by atoms with Gasteiger partial charge < -0.3 is 10.2 Å². The molecule has 0 amide bonds. The summed E-state index contributed by atoms with van der Waals surface area (Å²) >= 11 is 0. The average Bonchev–Trinajstić information content (AvgIpc) is 2.35. The summed E-state index contributed by atoms with van der Waals surface area (Å²) in [5, 5.41) is 21.5. The van der Waals surface area contributed by atoms with Crippen LogP contribution in [0.5, 0.6) is 0 Å². The Morgan fingerprint density at radius 2 is 2.11 bits per heavy atom.